The Bertz CT molecular complexity index is 821. The van der Waals surface area contributed by atoms with E-state index in [4.69, 9.17) is 11.5 Å². The third-order valence-electron chi connectivity index (χ3n) is 3.64. The topological polar surface area (TPSA) is 123 Å². The Morgan fingerprint density at radius 3 is 2.42 bits per heavy atom. The van der Waals surface area contributed by atoms with Crippen LogP contribution in [0.5, 0.6) is 0 Å². The summed E-state index contributed by atoms with van der Waals surface area (Å²) >= 11 is 1.20. The summed E-state index contributed by atoms with van der Waals surface area (Å²) in [4.78, 5) is 23.3. The number of aromatic nitrogens is 1. The van der Waals surface area contributed by atoms with Gasteiger partial charge in [-0.15, -0.1) is 0 Å². The largest absolute Gasteiger partial charge is 0.371 e. The maximum absolute atomic E-state index is 14.4. The van der Waals surface area contributed by atoms with Crippen molar-refractivity contribution in [3.63, 3.8) is 0 Å². The van der Waals surface area contributed by atoms with Crippen molar-refractivity contribution in [1.29, 1.82) is 0 Å². The smallest absolute Gasteiger partial charge is 0.250 e. The van der Waals surface area contributed by atoms with Gasteiger partial charge in [-0.3, -0.25) is 9.59 Å². The minimum Gasteiger partial charge on any atom is -0.371 e. The first-order valence-corrected chi connectivity index (χ1v) is 8.84. The Balaban J connectivity index is 2.38. The molecule has 0 aliphatic heterocycles. The first-order valence-electron chi connectivity index (χ1n) is 8.07. The number of benzene rings is 1. The molecule has 0 aliphatic rings. The molecule has 0 aliphatic carbocycles. The lowest BCUT2D eigenvalue weighted by atomic mass is 10.0. The van der Waals surface area contributed by atoms with Crippen LogP contribution in [0.15, 0.2) is 18.2 Å². The number of hydrogen-bond acceptors (Lipinski definition) is 6. The summed E-state index contributed by atoms with van der Waals surface area (Å²) in [5.74, 6) is -1.86. The Kier molecular flexibility index (Phi) is 6.14. The molecule has 0 radical (unpaired) electrons. The molecule has 1 heterocycles. The third-order valence-corrected chi connectivity index (χ3v) is 4.43. The predicted molar refractivity (Wildman–Crippen MR) is 101 cm³/mol. The number of primary amides is 2. The number of rotatable bonds is 8. The molecule has 7 nitrogen and oxygen atoms in total. The Morgan fingerprint density at radius 2 is 1.92 bits per heavy atom. The second kappa shape index (κ2) is 8.13. The van der Waals surface area contributed by atoms with E-state index in [1.165, 1.54) is 17.6 Å². The van der Waals surface area contributed by atoms with Crippen LogP contribution in [-0.4, -0.2) is 22.2 Å². The van der Waals surface area contributed by atoms with Crippen molar-refractivity contribution >= 4 is 39.7 Å². The first kappa shape index (κ1) is 19.6. The maximum Gasteiger partial charge on any atom is 0.250 e. The lowest BCUT2D eigenvalue weighted by molar-refractivity contribution is -0.119. The number of amides is 2. The summed E-state index contributed by atoms with van der Waals surface area (Å²) < 4.78 is 18.6. The molecule has 1 aromatic heterocycles. The fourth-order valence-corrected chi connectivity index (χ4v) is 3.13. The molecule has 0 spiro atoms. The number of carbonyl (C=O) groups is 2. The number of nitrogens with two attached hydrogens (primary N) is 2. The van der Waals surface area contributed by atoms with E-state index >= 15 is 0 Å². The number of halogens is 1. The van der Waals surface area contributed by atoms with Crippen molar-refractivity contribution in [2.24, 2.45) is 17.4 Å². The highest BCUT2D eigenvalue weighted by atomic mass is 32.1. The van der Waals surface area contributed by atoms with E-state index in [0.717, 1.165) is 11.8 Å². The molecule has 0 saturated carbocycles. The third kappa shape index (κ3) is 4.92. The van der Waals surface area contributed by atoms with E-state index in [-0.39, 0.29) is 17.2 Å². The van der Waals surface area contributed by atoms with Gasteiger partial charge in [0.05, 0.1) is 22.6 Å². The first-order chi connectivity index (χ1) is 12.2. The van der Waals surface area contributed by atoms with Crippen LogP contribution in [-0.2, 0) is 4.79 Å². The second-order valence-corrected chi connectivity index (χ2v) is 7.23. The molecule has 0 saturated heterocycles. The van der Waals surface area contributed by atoms with Crippen molar-refractivity contribution < 1.29 is 14.0 Å². The number of hydrogen-bond donors (Lipinski definition) is 4. The zero-order chi connectivity index (χ0) is 19.4. The van der Waals surface area contributed by atoms with Crippen molar-refractivity contribution in [2.45, 2.75) is 33.2 Å². The molecule has 2 rings (SSSR count). The Morgan fingerprint density at radius 1 is 1.23 bits per heavy atom. The minimum atomic E-state index is -0.771. The highest BCUT2D eigenvalue weighted by Crippen LogP contribution is 2.30. The number of aryl methyl sites for hydroxylation is 1. The van der Waals surface area contributed by atoms with Crippen LogP contribution in [0, 0.1) is 18.7 Å². The maximum atomic E-state index is 14.4. The van der Waals surface area contributed by atoms with Gasteiger partial charge in [-0.25, -0.2) is 4.39 Å². The van der Waals surface area contributed by atoms with Gasteiger partial charge < -0.3 is 22.1 Å². The van der Waals surface area contributed by atoms with Crippen LogP contribution in [0.3, 0.4) is 0 Å². The normalized spacial score (nSPS) is 12.0. The van der Waals surface area contributed by atoms with Gasteiger partial charge in [0.15, 0.2) is 0 Å². The minimum absolute atomic E-state index is 0.00131. The van der Waals surface area contributed by atoms with Crippen LogP contribution in [0.25, 0.3) is 0 Å². The molecule has 2 amide bonds. The van der Waals surface area contributed by atoms with Crippen LogP contribution in [0.4, 0.5) is 20.8 Å². The average Bonchev–Trinajstić information content (AvgIpc) is 2.93. The number of anilines is 3. The molecule has 0 fully saturated rings. The van der Waals surface area contributed by atoms with Gasteiger partial charge in [0, 0.05) is 0 Å². The lowest BCUT2D eigenvalue weighted by Gasteiger charge is -2.20. The molecule has 0 unspecified atom stereocenters. The summed E-state index contributed by atoms with van der Waals surface area (Å²) in [7, 11) is 0. The molecule has 1 aromatic carbocycles. The van der Waals surface area contributed by atoms with E-state index < -0.39 is 23.7 Å². The molecule has 1 atom stereocenters. The summed E-state index contributed by atoms with van der Waals surface area (Å²) in [6, 6.07) is 3.49. The molecule has 6 N–H and O–H groups in total. The van der Waals surface area contributed by atoms with Crippen LogP contribution in [0.1, 0.15) is 36.3 Å². The van der Waals surface area contributed by atoms with Crippen LogP contribution < -0.4 is 22.1 Å². The van der Waals surface area contributed by atoms with E-state index in [0.29, 0.717) is 17.1 Å². The molecule has 0 bridgehead atoms. The van der Waals surface area contributed by atoms with Crippen molar-refractivity contribution in [3.8, 4) is 0 Å². The van der Waals surface area contributed by atoms with Gasteiger partial charge in [-0.05, 0) is 49.0 Å². The SMILES string of the molecule is Cc1cc(Nc2cc(N[C@H](CC(C)C)C(N)=O)c(F)cc2C(N)=O)sn1. The molecular formula is C17H22FN5O2S. The van der Waals surface area contributed by atoms with Crippen LogP contribution >= 0.6 is 11.5 Å². The monoisotopic (exact) mass is 379 g/mol. The average molecular weight is 379 g/mol. The fraction of sp³-hybridized carbons (Fsp3) is 0.353. The molecule has 9 heteroatoms. The predicted octanol–water partition coefficient (Wildman–Crippen LogP) is 2.75. The summed E-state index contributed by atoms with van der Waals surface area (Å²) in [5, 5.41) is 6.52. The number of nitrogens with zero attached hydrogens (tertiary/aromatic N) is 1. The van der Waals surface area contributed by atoms with Gasteiger partial charge in [0.2, 0.25) is 5.91 Å². The zero-order valence-electron chi connectivity index (χ0n) is 14.8. The summed E-state index contributed by atoms with van der Waals surface area (Å²) in [6.07, 6.45) is 0.448. The standard InChI is InChI=1S/C17H22FN5O2S/c1-8(2)4-14(17(20)25)21-13-7-12(10(16(19)24)6-11(13)18)22-15-5-9(3)23-26-15/h5-8,14,21-22H,4H2,1-3H3,(H2,19,24)(H2,20,25)/t14-/m1/s1. The molecule has 26 heavy (non-hydrogen) atoms. The summed E-state index contributed by atoms with van der Waals surface area (Å²) in [5.41, 5.74) is 11.9. The molecular weight excluding hydrogens is 357 g/mol. The molecule has 2 aromatic rings. The quantitative estimate of drug-likeness (QED) is 0.561. The van der Waals surface area contributed by atoms with E-state index in [1.807, 2.05) is 20.8 Å². The Labute approximate surface area is 155 Å². The molecule has 140 valence electrons. The fourth-order valence-electron chi connectivity index (χ4n) is 2.45. The summed E-state index contributed by atoms with van der Waals surface area (Å²) in [6.45, 7) is 5.70. The van der Waals surface area contributed by atoms with E-state index in [2.05, 4.69) is 15.0 Å². The highest BCUT2D eigenvalue weighted by molar-refractivity contribution is 7.10. The van der Waals surface area contributed by atoms with E-state index in [1.54, 1.807) is 6.07 Å². The zero-order valence-corrected chi connectivity index (χ0v) is 15.6. The highest BCUT2D eigenvalue weighted by Gasteiger charge is 2.21. The number of carbonyl (C=O) groups excluding carboxylic acids is 2. The van der Waals surface area contributed by atoms with Gasteiger partial charge in [0.1, 0.15) is 16.9 Å². The van der Waals surface area contributed by atoms with Crippen molar-refractivity contribution in [2.75, 3.05) is 10.6 Å². The van der Waals surface area contributed by atoms with Gasteiger partial charge >= 0.3 is 0 Å². The second-order valence-electron chi connectivity index (χ2n) is 6.43. The van der Waals surface area contributed by atoms with Crippen molar-refractivity contribution in [1.82, 2.24) is 4.37 Å². The van der Waals surface area contributed by atoms with Crippen LogP contribution in [0.2, 0.25) is 0 Å². The lowest BCUT2D eigenvalue weighted by Crippen LogP contribution is -2.36. The Hall–Kier alpha value is -2.68. The number of nitrogens with one attached hydrogen (secondary N) is 2. The van der Waals surface area contributed by atoms with Gasteiger partial charge in [-0.1, -0.05) is 13.8 Å². The van der Waals surface area contributed by atoms with Gasteiger partial charge in [0.25, 0.3) is 5.91 Å². The van der Waals surface area contributed by atoms with Crippen molar-refractivity contribution in [3.05, 3.63) is 35.3 Å². The van der Waals surface area contributed by atoms with Gasteiger partial charge in [-0.2, -0.15) is 4.37 Å². The van der Waals surface area contributed by atoms with E-state index in [9.17, 15) is 14.0 Å².